The molecule has 154 valence electrons. The van der Waals surface area contributed by atoms with Gasteiger partial charge in [-0.3, -0.25) is 18.7 Å². The molecule has 3 rings (SSSR count). The van der Waals surface area contributed by atoms with E-state index in [1.165, 1.54) is 25.0 Å². The topological polar surface area (TPSA) is 91.4 Å². The predicted molar refractivity (Wildman–Crippen MR) is 91.8 cm³/mol. The van der Waals surface area contributed by atoms with Crippen LogP contribution in [-0.4, -0.2) is 61.5 Å². The summed E-state index contributed by atoms with van der Waals surface area (Å²) in [6, 6.07) is -0.593. The number of alkyl halides is 3. The molecule has 0 aliphatic carbocycles. The highest BCUT2D eigenvalue weighted by Crippen LogP contribution is 2.23. The van der Waals surface area contributed by atoms with Gasteiger partial charge in [-0.2, -0.15) is 13.2 Å². The number of carbonyl (C=O) groups excluding carboxylic acids is 1. The van der Waals surface area contributed by atoms with Crippen LogP contribution in [0.15, 0.2) is 15.9 Å². The van der Waals surface area contributed by atoms with Crippen LogP contribution in [0.1, 0.15) is 12.8 Å². The van der Waals surface area contributed by atoms with Gasteiger partial charge in [0.05, 0.1) is 6.33 Å². The number of halogens is 3. The van der Waals surface area contributed by atoms with Gasteiger partial charge in [-0.05, 0) is 12.8 Å². The Bertz CT molecular complexity index is 1000. The largest absolute Gasteiger partial charge is 0.406 e. The van der Waals surface area contributed by atoms with Crippen LogP contribution >= 0.6 is 0 Å². The monoisotopic (exact) mass is 403 g/mol. The number of aryl methyl sites for hydroxylation is 1. The first-order valence-corrected chi connectivity index (χ1v) is 8.65. The molecule has 12 heteroatoms. The molecule has 0 aromatic carbocycles. The number of hydrogen-bond acceptors (Lipinski definition) is 5. The van der Waals surface area contributed by atoms with Gasteiger partial charge in [-0.15, -0.1) is 0 Å². The quantitative estimate of drug-likeness (QED) is 0.717. The minimum Gasteiger partial charge on any atom is -0.381 e. The molecule has 1 saturated heterocycles. The molecule has 0 radical (unpaired) electrons. The summed E-state index contributed by atoms with van der Waals surface area (Å²) >= 11 is 0. The van der Waals surface area contributed by atoms with Crippen molar-refractivity contribution in [3.8, 4) is 0 Å². The second kappa shape index (κ2) is 7.41. The van der Waals surface area contributed by atoms with E-state index >= 15 is 0 Å². The average molecular weight is 403 g/mol. The molecule has 2 aromatic rings. The van der Waals surface area contributed by atoms with E-state index in [1.807, 2.05) is 0 Å². The smallest absolute Gasteiger partial charge is 0.381 e. The Labute approximate surface area is 156 Å². The van der Waals surface area contributed by atoms with Gasteiger partial charge in [0.15, 0.2) is 11.2 Å². The molecular weight excluding hydrogens is 383 g/mol. The minimum atomic E-state index is -4.55. The maximum Gasteiger partial charge on any atom is 0.406 e. The van der Waals surface area contributed by atoms with E-state index in [2.05, 4.69) is 4.98 Å². The fourth-order valence-corrected chi connectivity index (χ4v) is 3.36. The summed E-state index contributed by atoms with van der Waals surface area (Å²) in [5.41, 5.74) is -1.21. The molecule has 0 spiro atoms. The summed E-state index contributed by atoms with van der Waals surface area (Å²) in [5.74, 6) is -0.778. The first-order chi connectivity index (χ1) is 13.1. The Morgan fingerprint density at radius 1 is 1.25 bits per heavy atom. The van der Waals surface area contributed by atoms with Gasteiger partial charge in [0.1, 0.15) is 13.1 Å². The van der Waals surface area contributed by atoms with E-state index in [0.717, 1.165) is 14.0 Å². The summed E-state index contributed by atoms with van der Waals surface area (Å²) in [6.07, 6.45) is -2.75. The zero-order valence-corrected chi connectivity index (χ0v) is 15.4. The fraction of sp³-hybridized carbons (Fsp3) is 0.625. The zero-order chi connectivity index (χ0) is 20.6. The molecular formula is C16H20F3N5O4. The molecule has 1 amide bonds. The van der Waals surface area contributed by atoms with Crippen molar-refractivity contribution >= 4 is 17.1 Å². The van der Waals surface area contributed by atoms with E-state index in [0.29, 0.717) is 12.8 Å². The van der Waals surface area contributed by atoms with E-state index in [4.69, 9.17) is 4.74 Å². The molecule has 0 unspecified atom stereocenters. The number of imidazole rings is 1. The van der Waals surface area contributed by atoms with Crippen molar-refractivity contribution < 1.29 is 22.7 Å². The lowest BCUT2D eigenvalue weighted by Crippen LogP contribution is -2.49. The summed E-state index contributed by atoms with van der Waals surface area (Å²) < 4.78 is 47.4. The van der Waals surface area contributed by atoms with Crippen LogP contribution in [0.25, 0.3) is 11.2 Å². The number of carbonyl (C=O) groups is 1. The van der Waals surface area contributed by atoms with Gasteiger partial charge in [0.2, 0.25) is 5.91 Å². The summed E-state index contributed by atoms with van der Waals surface area (Å²) in [7, 11) is 2.70. The van der Waals surface area contributed by atoms with Gasteiger partial charge in [-0.1, -0.05) is 0 Å². The highest BCUT2D eigenvalue weighted by molar-refractivity contribution is 5.79. The SMILES string of the molecule is Cn1c(=O)c2c(ncn2CC(=O)N(CC(F)(F)F)C2CCOCC2)n(C)c1=O. The molecule has 0 bridgehead atoms. The van der Waals surface area contributed by atoms with Crippen molar-refractivity contribution in [1.29, 1.82) is 0 Å². The lowest BCUT2D eigenvalue weighted by atomic mass is 10.1. The lowest BCUT2D eigenvalue weighted by molar-refractivity contribution is -0.169. The summed E-state index contributed by atoms with van der Waals surface area (Å²) in [4.78, 5) is 41.9. The number of nitrogens with zero attached hydrogens (tertiary/aromatic N) is 5. The summed E-state index contributed by atoms with van der Waals surface area (Å²) in [6.45, 7) is -1.30. The first kappa shape index (κ1) is 20.1. The minimum absolute atomic E-state index is 0.0168. The average Bonchev–Trinajstić information content (AvgIpc) is 3.06. The van der Waals surface area contributed by atoms with Crippen LogP contribution in [0.2, 0.25) is 0 Å². The van der Waals surface area contributed by atoms with Crippen LogP contribution in [0.3, 0.4) is 0 Å². The lowest BCUT2D eigenvalue weighted by Gasteiger charge is -2.35. The molecule has 1 aliphatic heterocycles. The Morgan fingerprint density at radius 2 is 1.89 bits per heavy atom. The van der Waals surface area contributed by atoms with Gasteiger partial charge in [0.25, 0.3) is 5.56 Å². The molecule has 0 N–H and O–H groups in total. The Kier molecular flexibility index (Phi) is 5.33. The molecule has 2 aromatic heterocycles. The van der Waals surface area contributed by atoms with E-state index in [1.54, 1.807) is 0 Å². The van der Waals surface area contributed by atoms with Crippen LogP contribution in [-0.2, 0) is 30.2 Å². The molecule has 28 heavy (non-hydrogen) atoms. The van der Waals surface area contributed by atoms with Crippen molar-refractivity contribution in [2.45, 2.75) is 31.6 Å². The number of aromatic nitrogens is 4. The maximum atomic E-state index is 13.0. The number of rotatable bonds is 4. The van der Waals surface area contributed by atoms with Crippen molar-refractivity contribution in [3.05, 3.63) is 27.2 Å². The molecule has 3 heterocycles. The Balaban J connectivity index is 1.95. The van der Waals surface area contributed by atoms with Crippen LogP contribution < -0.4 is 11.2 Å². The second-order valence-corrected chi connectivity index (χ2v) is 6.73. The molecule has 1 aliphatic rings. The molecule has 0 saturated carbocycles. The van der Waals surface area contributed by atoms with E-state index in [9.17, 15) is 27.6 Å². The Hall–Kier alpha value is -2.63. The molecule has 0 atom stereocenters. The Morgan fingerprint density at radius 3 is 2.50 bits per heavy atom. The van der Waals surface area contributed by atoms with E-state index < -0.39 is 42.5 Å². The standard InChI is InChI=1S/C16H20F3N5O4/c1-21-13-12(14(26)22(2)15(21)27)23(9-20-13)7-11(25)24(8-16(17,18)19)10-3-5-28-6-4-10/h9-10H,3-8H2,1-2H3. The second-order valence-electron chi connectivity index (χ2n) is 6.73. The number of ether oxygens (including phenoxy) is 1. The third-order valence-electron chi connectivity index (χ3n) is 4.82. The van der Waals surface area contributed by atoms with Crippen molar-refractivity contribution in [3.63, 3.8) is 0 Å². The highest BCUT2D eigenvalue weighted by atomic mass is 19.4. The molecule has 1 fully saturated rings. The zero-order valence-electron chi connectivity index (χ0n) is 15.4. The third-order valence-corrected chi connectivity index (χ3v) is 4.82. The third kappa shape index (κ3) is 3.81. The van der Waals surface area contributed by atoms with Gasteiger partial charge in [0, 0.05) is 33.4 Å². The summed E-state index contributed by atoms with van der Waals surface area (Å²) in [5, 5.41) is 0. The number of hydrogen-bond donors (Lipinski definition) is 0. The van der Waals surface area contributed by atoms with Gasteiger partial charge in [-0.25, -0.2) is 9.78 Å². The predicted octanol–water partition coefficient (Wildman–Crippen LogP) is 0.00360. The maximum absolute atomic E-state index is 13.0. The van der Waals surface area contributed by atoms with Gasteiger partial charge >= 0.3 is 11.9 Å². The number of fused-ring (bicyclic) bond motifs is 1. The van der Waals surface area contributed by atoms with Gasteiger partial charge < -0.3 is 14.2 Å². The van der Waals surface area contributed by atoms with E-state index in [-0.39, 0.29) is 24.4 Å². The highest BCUT2D eigenvalue weighted by Gasteiger charge is 2.37. The van der Waals surface area contributed by atoms with Crippen molar-refractivity contribution in [1.82, 2.24) is 23.6 Å². The van der Waals surface area contributed by atoms with Crippen LogP contribution in [0, 0.1) is 0 Å². The number of amides is 1. The fourth-order valence-electron chi connectivity index (χ4n) is 3.36. The van der Waals surface area contributed by atoms with Crippen molar-refractivity contribution in [2.24, 2.45) is 14.1 Å². The van der Waals surface area contributed by atoms with Crippen molar-refractivity contribution in [2.75, 3.05) is 19.8 Å². The normalized spacial score (nSPS) is 15.9. The molecule has 9 nitrogen and oxygen atoms in total. The van der Waals surface area contributed by atoms with Crippen LogP contribution in [0.4, 0.5) is 13.2 Å². The van der Waals surface area contributed by atoms with Crippen LogP contribution in [0.5, 0.6) is 0 Å². The first-order valence-electron chi connectivity index (χ1n) is 8.65.